The molecule has 0 aliphatic carbocycles. The lowest BCUT2D eigenvalue weighted by Gasteiger charge is -1.70. The highest BCUT2D eigenvalue weighted by molar-refractivity contribution is 5.06. The van der Waals surface area contributed by atoms with Crippen molar-refractivity contribution < 1.29 is 5.11 Å². The molecule has 1 N–H and O–H groups in total. The van der Waals surface area contributed by atoms with E-state index in [1.54, 1.807) is 0 Å². The van der Waals surface area contributed by atoms with Gasteiger partial charge in [-0.2, -0.15) is 0 Å². The highest BCUT2D eigenvalue weighted by Gasteiger charge is 1.70. The second-order valence-corrected chi connectivity index (χ2v) is 1.05. The molecule has 1 nitrogen and oxygen atoms in total. The quantitative estimate of drug-likeness (QED) is 0.494. The normalized spacial score (nSPS) is 6.29. The molecule has 1 rings (SSSR count). The summed E-state index contributed by atoms with van der Waals surface area (Å²) in [6.07, 6.45) is 0. The molecule has 0 bridgehead atoms. The maximum Gasteiger partial charge on any atom is 0.176 e. The minimum atomic E-state index is 0.0544. The summed E-state index contributed by atoms with van der Waals surface area (Å²) in [6, 6.07) is 11.1. The van der Waals surface area contributed by atoms with E-state index in [2.05, 4.69) is 24.3 Å². The summed E-state index contributed by atoms with van der Waals surface area (Å²) in [6.45, 7) is 0. The van der Waals surface area contributed by atoms with Crippen LogP contribution in [0.5, 0.6) is 5.75 Å². The first-order valence-corrected chi connectivity index (χ1v) is 1.80. The Hall–Kier alpha value is -1.34. The van der Waals surface area contributed by atoms with Gasteiger partial charge in [0, 0.05) is 6.07 Å². The fraction of sp³-hybridized carbons (Fsp3) is 0. The first-order valence-electron chi connectivity index (χ1n) is 1.80. The smallest absolute Gasteiger partial charge is 0.176 e. The zero-order chi connectivity index (χ0) is 5.11. The van der Waals surface area contributed by atoms with Gasteiger partial charge in [-0.25, -0.2) is 0 Å². The molecular formula is C6H2O. The monoisotopic (exact) mass is 90.0 g/mol. The molecule has 7 heavy (non-hydrogen) atoms. The van der Waals surface area contributed by atoms with Crippen LogP contribution in [-0.2, 0) is 0 Å². The van der Waals surface area contributed by atoms with E-state index in [0.29, 0.717) is 0 Å². The topological polar surface area (TPSA) is 20.2 Å². The molecular weight excluding hydrogens is 88.1 g/mol. The van der Waals surface area contributed by atoms with E-state index < -0.39 is 0 Å². The maximum atomic E-state index is 8.49. The number of rotatable bonds is 0. The van der Waals surface area contributed by atoms with Gasteiger partial charge in [-0.1, -0.05) is 6.07 Å². The molecule has 0 atom stereocenters. The van der Waals surface area contributed by atoms with Crippen LogP contribution in [0.3, 0.4) is 0 Å². The van der Waals surface area contributed by atoms with Crippen LogP contribution >= 0.6 is 0 Å². The molecule has 0 radical (unpaired) electrons. The lowest BCUT2D eigenvalue weighted by molar-refractivity contribution is 0.475. The van der Waals surface area contributed by atoms with E-state index in [4.69, 9.17) is 5.11 Å². The molecule has 0 saturated carbocycles. The van der Waals surface area contributed by atoms with Gasteiger partial charge < -0.3 is 5.11 Å². The minimum Gasteiger partial charge on any atom is -0.500 e. The first kappa shape index (κ1) is 3.84. The molecule has 32 valence electrons. The molecule has 0 heterocycles. The van der Waals surface area contributed by atoms with Crippen molar-refractivity contribution in [3.8, 4) is 5.75 Å². The summed E-state index contributed by atoms with van der Waals surface area (Å²) in [5.41, 5.74) is 0. The Balaban J connectivity index is 3.02. The molecule has 0 fully saturated rings. The number of aromatic hydroxyl groups is 1. The summed E-state index contributed by atoms with van der Waals surface area (Å²) in [4.78, 5) is 0. The molecule has 0 amide bonds. The number of hydrogen-bond donors (Lipinski definition) is 1. The molecule has 0 unspecified atom stereocenters. The zero-order valence-corrected chi connectivity index (χ0v) is 3.52. The third kappa shape index (κ3) is 0.743. The van der Waals surface area contributed by atoms with Crippen molar-refractivity contribution in [1.82, 2.24) is 0 Å². The lowest BCUT2D eigenvalue weighted by Crippen LogP contribution is -1.49. The van der Waals surface area contributed by atoms with Crippen molar-refractivity contribution in [3.05, 3.63) is 30.3 Å². The summed E-state index contributed by atoms with van der Waals surface area (Å²) in [5, 5.41) is 8.49. The largest absolute Gasteiger partial charge is 0.500 e. The van der Waals surface area contributed by atoms with Crippen molar-refractivity contribution >= 4 is 0 Å². The van der Waals surface area contributed by atoms with Gasteiger partial charge in [-0.05, 0) is 18.2 Å². The molecule has 0 spiro atoms. The Bertz CT molecular complexity index is 134. The second-order valence-electron chi connectivity index (χ2n) is 1.05. The molecule has 1 heteroatoms. The molecule has 0 aliphatic heterocycles. The predicted octanol–water partition coefficient (Wildman–Crippen LogP) is 0.593. The highest BCUT2D eigenvalue weighted by atomic mass is 16.3. The van der Waals surface area contributed by atoms with Crippen LogP contribution in [-0.4, -0.2) is 5.11 Å². The van der Waals surface area contributed by atoms with Crippen molar-refractivity contribution in [2.75, 3.05) is 0 Å². The average Bonchev–Trinajstić information content (AvgIpc) is 1.69. The van der Waals surface area contributed by atoms with Crippen LogP contribution in [0.4, 0.5) is 0 Å². The predicted molar refractivity (Wildman–Crippen MR) is 23.5 cm³/mol. The van der Waals surface area contributed by atoms with Crippen LogP contribution in [0.15, 0.2) is 6.07 Å². The zero-order valence-electron chi connectivity index (χ0n) is 3.52. The van der Waals surface area contributed by atoms with E-state index in [1.165, 1.54) is 6.07 Å². The SMILES string of the molecule is Oc1c#cc#cc1. The highest BCUT2D eigenvalue weighted by Crippen LogP contribution is 1.93. The number of hydrogen-bond acceptors (Lipinski definition) is 1. The van der Waals surface area contributed by atoms with Gasteiger partial charge in [-0.15, -0.1) is 0 Å². The van der Waals surface area contributed by atoms with Crippen LogP contribution in [0, 0.1) is 24.3 Å². The molecule has 1 aromatic rings. The molecule has 0 saturated heterocycles. The standard InChI is InChI=1S/C6H2O/c7-6-4-2-1-3-5-6/h4,7H. The van der Waals surface area contributed by atoms with E-state index >= 15 is 0 Å². The first-order chi connectivity index (χ1) is 3.39. The summed E-state index contributed by atoms with van der Waals surface area (Å²) in [5.74, 6) is 0.0544. The van der Waals surface area contributed by atoms with Gasteiger partial charge in [-0.3, -0.25) is 0 Å². The fourth-order valence-corrected chi connectivity index (χ4v) is 0.272. The van der Waals surface area contributed by atoms with Gasteiger partial charge in [0.15, 0.2) is 5.75 Å². The van der Waals surface area contributed by atoms with Crippen molar-refractivity contribution in [1.29, 1.82) is 0 Å². The van der Waals surface area contributed by atoms with Crippen LogP contribution in [0.25, 0.3) is 0 Å². The van der Waals surface area contributed by atoms with E-state index in [1.807, 2.05) is 0 Å². The van der Waals surface area contributed by atoms with Gasteiger partial charge in [0.1, 0.15) is 0 Å². The second kappa shape index (κ2) is 1.41. The van der Waals surface area contributed by atoms with Crippen LogP contribution in [0.2, 0.25) is 0 Å². The van der Waals surface area contributed by atoms with Gasteiger partial charge >= 0.3 is 0 Å². The fourth-order valence-electron chi connectivity index (χ4n) is 0.272. The van der Waals surface area contributed by atoms with E-state index in [-0.39, 0.29) is 5.75 Å². The Morgan fingerprint density at radius 1 is 1.43 bits per heavy atom. The Labute approximate surface area is 42.2 Å². The summed E-state index contributed by atoms with van der Waals surface area (Å²) < 4.78 is 0. The van der Waals surface area contributed by atoms with Gasteiger partial charge in [0.25, 0.3) is 0 Å². The summed E-state index contributed by atoms with van der Waals surface area (Å²) in [7, 11) is 0. The van der Waals surface area contributed by atoms with Gasteiger partial charge in [0.2, 0.25) is 0 Å². The third-order valence-corrected chi connectivity index (χ3v) is 0.534. The molecule has 0 aromatic heterocycles. The maximum absolute atomic E-state index is 8.49. The van der Waals surface area contributed by atoms with E-state index in [9.17, 15) is 0 Å². The van der Waals surface area contributed by atoms with Crippen LogP contribution < -0.4 is 0 Å². The van der Waals surface area contributed by atoms with Gasteiger partial charge in [0.05, 0.1) is 0 Å². The Morgan fingerprint density at radius 3 is 2.57 bits per heavy atom. The molecule has 0 aliphatic rings. The van der Waals surface area contributed by atoms with Crippen molar-refractivity contribution in [2.24, 2.45) is 0 Å². The van der Waals surface area contributed by atoms with Crippen molar-refractivity contribution in [2.45, 2.75) is 0 Å². The Kier molecular flexibility index (Phi) is 0.771. The minimum absolute atomic E-state index is 0.0544. The average molecular weight is 90.1 g/mol. The summed E-state index contributed by atoms with van der Waals surface area (Å²) >= 11 is 0. The Morgan fingerprint density at radius 2 is 2.29 bits per heavy atom. The van der Waals surface area contributed by atoms with Crippen molar-refractivity contribution in [3.63, 3.8) is 0 Å². The van der Waals surface area contributed by atoms with E-state index in [0.717, 1.165) is 0 Å². The lowest BCUT2D eigenvalue weighted by atomic mass is 10.5. The molecule has 1 aromatic carbocycles. The third-order valence-electron chi connectivity index (χ3n) is 0.534. The van der Waals surface area contributed by atoms with Crippen LogP contribution in [0.1, 0.15) is 0 Å².